The quantitative estimate of drug-likeness (QED) is 0.608. The normalized spacial score (nSPS) is 15.8. The standard InChI is InChI=1S/C8H10N2OS/c1-10-8-5-12-3-2-6(8)7(4-11)9-10/h4H,2-3,5H2,1H3. The molecule has 0 radical (unpaired) electrons. The Balaban J connectivity index is 2.53. The van der Waals surface area contributed by atoms with Gasteiger partial charge in [-0.15, -0.1) is 0 Å². The Labute approximate surface area is 75.1 Å². The minimum absolute atomic E-state index is 0.632. The van der Waals surface area contributed by atoms with E-state index in [1.54, 1.807) is 0 Å². The Morgan fingerprint density at radius 3 is 3.25 bits per heavy atom. The zero-order chi connectivity index (χ0) is 8.55. The van der Waals surface area contributed by atoms with Crippen molar-refractivity contribution >= 4 is 18.0 Å². The van der Waals surface area contributed by atoms with E-state index in [2.05, 4.69) is 5.10 Å². The van der Waals surface area contributed by atoms with Crippen molar-refractivity contribution in [3.63, 3.8) is 0 Å². The largest absolute Gasteiger partial charge is 0.296 e. The van der Waals surface area contributed by atoms with Gasteiger partial charge in [-0.1, -0.05) is 0 Å². The number of carbonyl (C=O) groups is 1. The van der Waals surface area contributed by atoms with E-state index in [4.69, 9.17) is 0 Å². The van der Waals surface area contributed by atoms with Crippen LogP contribution in [0.4, 0.5) is 0 Å². The van der Waals surface area contributed by atoms with E-state index >= 15 is 0 Å². The minimum Gasteiger partial charge on any atom is -0.296 e. The highest BCUT2D eigenvalue weighted by Crippen LogP contribution is 2.25. The van der Waals surface area contributed by atoms with Crippen molar-refractivity contribution in [2.45, 2.75) is 12.2 Å². The summed E-state index contributed by atoms with van der Waals surface area (Å²) >= 11 is 1.90. The minimum atomic E-state index is 0.632. The summed E-state index contributed by atoms with van der Waals surface area (Å²) < 4.78 is 1.82. The molecule has 1 aromatic heterocycles. The van der Waals surface area contributed by atoms with E-state index < -0.39 is 0 Å². The van der Waals surface area contributed by atoms with Crippen molar-refractivity contribution in [3.8, 4) is 0 Å². The molecule has 0 saturated heterocycles. The number of thioether (sulfide) groups is 1. The Morgan fingerprint density at radius 1 is 1.67 bits per heavy atom. The number of rotatable bonds is 1. The lowest BCUT2D eigenvalue weighted by atomic mass is 10.1. The molecule has 0 N–H and O–H groups in total. The summed E-state index contributed by atoms with van der Waals surface area (Å²) in [6, 6.07) is 0. The summed E-state index contributed by atoms with van der Waals surface area (Å²) in [5, 5.41) is 4.15. The lowest BCUT2D eigenvalue weighted by Crippen LogP contribution is -2.05. The molecule has 0 bridgehead atoms. The molecular formula is C8H10N2OS. The summed E-state index contributed by atoms with van der Waals surface area (Å²) in [5.74, 6) is 2.10. The molecule has 64 valence electrons. The van der Waals surface area contributed by atoms with Gasteiger partial charge in [0.05, 0.1) is 5.69 Å². The number of aryl methyl sites for hydroxylation is 1. The average molecular weight is 182 g/mol. The average Bonchev–Trinajstić information content (AvgIpc) is 2.44. The van der Waals surface area contributed by atoms with Gasteiger partial charge in [0.2, 0.25) is 0 Å². The van der Waals surface area contributed by atoms with Crippen molar-refractivity contribution in [1.29, 1.82) is 0 Å². The predicted molar refractivity (Wildman–Crippen MR) is 48.5 cm³/mol. The molecule has 0 unspecified atom stereocenters. The van der Waals surface area contributed by atoms with Crippen LogP contribution in [0.25, 0.3) is 0 Å². The summed E-state index contributed by atoms with van der Waals surface area (Å²) in [6.07, 6.45) is 1.84. The van der Waals surface area contributed by atoms with Crippen molar-refractivity contribution in [2.24, 2.45) is 7.05 Å². The van der Waals surface area contributed by atoms with Crippen LogP contribution in [0, 0.1) is 0 Å². The van der Waals surface area contributed by atoms with Gasteiger partial charge in [0.1, 0.15) is 5.69 Å². The first kappa shape index (κ1) is 7.86. The van der Waals surface area contributed by atoms with Gasteiger partial charge in [0, 0.05) is 18.4 Å². The first-order valence-electron chi connectivity index (χ1n) is 3.90. The molecule has 0 aliphatic carbocycles. The van der Waals surface area contributed by atoms with Crippen molar-refractivity contribution < 1.29 is 4.79 Å². The van der Waals surface area contributed by atoms with Gasteiger partial charge in [-0.2, -0.15) is 16.9 Å². The van der Waals surface area contributed by atoms with Crippen molar-refractivity contribution in [3.05, 3.63) is 17.0 Å². The van der Waals surface area contributed by atoms with E-state index in [0.717, 1.165) is 29.8 Å². The zero-order valence-corrected chi connectivity index (χ0v) is 7.73. The SMILES string of the molecule is Cn1nc(C=O)c2c1CSCC2. The van der Waals surface area contributed by atoms with Crippen LogP contribution in [0.15, 0.2) is 0 Å². The topological polar surface area (TPSA) is 34.9 Å². The van der Waals surface area contributed by atoms with Crippen LogP contribution in [-0.4, -0.2) is 21.8 Å². The molecule has 0 fully saturated rings. The highest BCUT2D eigenvalue weighted by molar-refractivity contribution is 7.98. The molecule has 0 atom stereocenters. The third kappa shape index (κ3) is 1.06. The molecule has 4 heteroatoms. The molecule has 3 nitrogen and oxygen atoms in total. The van der Waals surface area contributed by atoms with Gasteiger partial charge in [-0.25, -0.2) is 0 Å². The molecular weight excluding hydrogens is 172 g/mol. The highest BCUT2D eigenvalue weighted by atomic mass is 32.2. The first-order chi connectivity index (χ1) is 5.83. The maximum Gasteiger partial charge on any atom is 0.170 e. The fourth-order valence-corrected chi connectivity index (χ4v) is 2.56. The van der Waals surface area contributed by atoms with E-state index in [1.165, 1.54) is 5.69 Å². The number of nitrogens with zero attached hydrogens (tertiary/aromatic N) is 2. The smallest absolute Gasteiger partial charge is 0.170 e. The summed E-state index contributed by atoms with van der Waals surface area (Å²) in [7, 11) is 1.90. The van der Waals surface area contributed by atoms with Crippen LogP contribution in [0.1, 0.15) is 21.7 Å². The van der Waals surface area contributed by atoms with Crippen LogP contribution in [0.5, 0.6) is 0 Å². The van der Waals surface area contributed by atoms with Gasteiger partial charge >= 0.3 is 0 Å². The van der Waals surface area contributed by atoms with Crippen LogP contribution in [0.2, 0.25) is 0 Å². The monoisotopic (exact) mass is 182 g/mol. The number of hydrogen-bond donors (Lipinski definition) is 0. The molecule has 2 heterocycles. The van der Waals surface area contributed by atoms with E-state index in [9.17, 15) is 4.79 Å². The second-order valence-electron chi connectivity index (χ2n) is 2.85. The maximum atomic E-state index is 10.6. The van der Waals surface area contributed by atoms with Crippen LogP contribution >= 0.6 is 11.8 Å². The van der Waals surface area contributed by atoms with Crippen LogP contribution in [0.3, 0.4) is 0 Å². The molecule has 1 aliphatic rings. The Kier molecular flexibility index (Phi) is 1.92. The summed E-state index contributed by atoms with van der Waals surface area (Å²) in [5.41, 5.74) is 3.01. The predicted octanol–water partition coefficient (Wildman–Crippen LogP) is 1.02. The molecule has 2 rings (SSSR count). The summed E-state index contributed by atoms with van der Waals surface area (Å²) in [4.78, 5) is 10.6. The van der Waals surface area contributed by atoms with Crippen molar-refractivity contribution in [2.75, 3.05) is 5.75 Å². The second-order valence-corrected chi connectivity index (χ2v) is 3.96. The van der Waals surface area contributed by atoms with Gasteiger partial charge in [0.15, 0.2) is 6.29 Å². The lowest BCUT2D eigenvalue weighted by molar-refractivity contribution is 0.111. The van der Waals surface area contributed by atoms with Gasteiger partial charge in [-0.05, 0) is 12.2 Å². The van der Waals surface area contributed by atoms with E-state index in [0.29, 0.717) is 5.69 Å². The number of fused-ring (bicyclic) bond motifs is 1. The van der Waals surface area contributed by atoms with Crippen molar-refractivity contribution in [1.82, 2.24) is 9.78 Å². The highest BCUT2D eigenvalue weighted by Gasteiger charge is 2.18. The fraction of sp³-hybridized carbons (Fsp3) is 0.500. The number of aldehydes is 1. The number of aromatic nitrogens is 2. The van der Waals surface area contributed by atoms with E-state index in [-0.39, 0.29) is 0 Å². The third-order valence-electron chi connectivity index (χ3n) is 2.15. The lowest BCUT2D eigenvalue weighted by Gasteiger charge is -2.11. The molecule has 0 aromatic carbocycles. The molecule has 0 amide bonds. The Hall–Kier alpha value is -0.770. The third-order valence-corrected chi connectivity index (χ3v) is 3.12. The molecule has 0 saturated carbocycles. The van der Waals surface area contributed by atoms with E-state index in [1.807, 2.05) is 23.5 Å². The van der Waals surface area contributed by atoms with Crippen LogP contribution < -0.4 is 0 Å². The van der Waals surface area contributed by atoms with Gasteiger partial charge in [0.25, 0.3) is 0 Å². The summed E-state index contributed by atoms with van der Waals surface area (Å²) in [6.45, 7) is 0. The van der Waals surface area contributed by atoms with Gasteiger partial charge < -0.3 is 0 Å². The molecule has 12 heavy (non-hydrogen) atoms. The maximum absolute atomic E-state index is 10.6. The Morgan fingerprint density at radius 2 is 2.50 bits per heavy atom. The van der Waals surface area contributed by atoms with Crippen LogP contribution in [-0.2, 0) is 19.2 Å². The van der Waals surface area contributed by atoms with Gasteiger partial charge in [-0.3, -0.25) is 9.48 Å². The second kappa shape index (κ2) is 2.94. The fourth-order valence-electron chi connectivity index (χ4n) is 1.52. The molecule has 1 aliphatic heterocycles. The Bertz CT molecular complexity index is 319. The first-order valence-corrected chi connectivity index (χ1v) is 5.06. The number of hydrogen-bond acceptors (Lipinski definition) is 3. The zero-order valence-electron chi connectivity index (χ0n) is 6.91. The molecule has 0 spiro atoms. The molecule has 1 aromatic rings. The number of carbonyl (C=O) groups excluding carboxylic acids is 1.